The molecule has 2 rings (SSSR count). The van der Waals surface area contributed by atoms with Crippen molar-refractivity contribution in [3.05, 3.63) is 24.0 Å². The number of rotatable bonds is 1. The number of pyridine rings is 1. The zero-order valence-electron chi connectivity index (χ0n) is 9.23. The monoisotopic (exact) mass is 219 g/mol. The van der Waals surface area contributed by atoms with Crippen molar-refractivity contribution in [1.29, 1.82) is 0 Å². The number of aryl methyl sites for hydroxylation is 1. The molecule has 0 aliphatic carbocycles. The van der Waals surface area contributed by atoms with Crippen LogP contribution in [0.1, 0.15) is 12.5 Å². The molecule has 2 heterocycles. The molecule has 1 atom stereocenters. The Labute approximate surface area is 93.5 Å². The third-order valence-electron chi connectivity index (χ3n) is 2.49. The summed E-state index contributed by atoms with van der Waals surface area (Å²) in [6, 6.07) is 1.37. The first-order chi connectivity index (χ1) is 7.58. The number of hydrogen-bond acceptors (Lipinski definition) is 3. The Balaban J connectivity index is 2.32. The van der Waals surface area contributed by atoms with E-state index < -0.39 is 6.04 Å². The van der Waals surface area contributed by atoms with E-state index >= 15 is 0 Å². The molecule has 0 bridgehead atoms. The average Bonchev–Trinajstić information content (AvgIpc) is 2.23. The summed E-state index contributed by atoms with van der Waals surface area (Å²) in [6.07, 6.45) is 3.30. The Morgan fingerprint density at radius 1 is 1.44 bits per heavy atom. The molecule has 0 saturated carbocycles. The maximum atomic E-state index is 11.9. The highest BCUT2D eigenvalue weighted by molar-refractivity contribution is 6.06. The first-order valence-corrected chi connectivity index (χ1v) is 5.10. The second-order valence-corrected chi connectivity index (χ2v) is 3.93. The quantitative estimate of drug-likeness (QED) is 0.736. The standard InChI is InChI=1S/C11H13N3O2/c1-7-3-9(5-12-4-7)14-6-10(15)13-8(2)11(14)16/h3-5,8H,6H2,1-2H3,(H,13,15). The van der Waals surface area contributed by atoms with Crippen LogP contribution in [0, 0.1) is 6.92 Å². The molecule has 16 heavy (non-hydrogen) atoms. The van der Waals surface area contributed by atoms with E-state index in [0.29, 0.717) is 5.69 Å². The number of amides is 2. The second-order valence-electron chi connectivity index (χ2n) is 3.93. The van der Waals surface area contributed by atoms with E-state index in [4.69, 9.17) is 0 Å². The average molecular weight is 219 g/mol. The van der Waals surface area contributed by atoms with Crippen LogP contribution in [0.25, 0.3) is 0 Å². The van der Waals surface area contributed by atoms with Crippen LogP contribution in [-0.4, -0.2) is 29.4 Å². The molecule has 1 aromatic rings. The van der Waals surface area contributed by atoms with Gasteiger partial charge in [0.2, 0.25) is 11.8 Å². The molecule has 5 nitrogen and oxygen atoms in total. The molecule has 1 N–H and O–H groups in total. The van der Waals surface area contributed by atoms with Crippen molar-refractivity contribution in [2.24, 2.45) is 0 Å². The smallest absolute Gasteiger partial charge is 0.249 e. The SMILES string of the molecule is Cc1cncc(N2CC(=O)NC(C)C2=O)c1. The Hall–Kier alpha value is -1.91. The zero-order valence-corrected chi connectivity index (χ0v) is 9.23. The topological polar surface area (TPSA) is 62.3 Å². The van der Waals surface area contributed by atoms with Crippen LogP contribution < -0.4 is 10.2 Å². The lowest BCUT2D eigenvalue weighted by molar-refractivity contribution is -0.130. The van der Waals surface area contributed by atoms with Gasteiger partial charge in [-0.1, -0.05) is 0 Å². The predicted molar refractivity (Wildman–Crippen MR) is 58.9 cm³/mol. The maximum absolute atomic E-state index is 11.9. The molecular weight excluding hydrogens is 206 g/mol. The van der Waals surface area contributed by atoms with Crippen LogP contribution in [0.3, 0.4) is 0 Å². The van der Waals surface area contributed by atoms with Gasteiger partial charge in [-0.15, -0.1) is 0 Å². The van der Waals surface area contributed by atoms with Crippen molar-refractivity contribution < 1.29 is 9.59 Å². The summed E-state index contributed by atoms with van der Waals surface area (Å²) >= 11 is 0. The number of carbonyl (C=O) groups excluding carboxylic acids is 2. The van der Waals surface area contributed by atoms with Gasteiger partial charge in [-0.3, -0.25) is 19.5 Å². The lowest BCUT2D eigenvalue weighted by atomic mass is 10.2. The van der Waals surface area contributed by atoms with Crippen molar-refractivity contribution in [2.75, 3.05) is 11.4 Å². The Morgan fingerprint density at radius 3 is 2.88 bits per heavy atom. The van der Waals surface area contributed by atoms with E-state index in [-0.39, 0.29) is 18.4 Å². The van der Waals surface area contributed by atoms with Gasteiger partial charge in [0.1, 0.15) is 12.6 Å². The summed E-state index contributed by atoms with van der Waals surface area (Å²) in [5, 5.41) is 2.59. The summed E-state index contributed by atoms with van der Waals surface area (Å²) in [5.41, 5.74) is 1.63. The lowest BCUT2D eigenvalue weighted by Crippen LogP contribution is -2.57. The van der Waals surface area contributed by atoms with Gasteiger partial charge < -0.3 is 5.32 Å². The van der Waals surface area contributed by atoms with Gasteiger partial charge in [-0.2, -0.15) is 0 Å². The molecule has 5 heteroatoms. The first-order valence-electron chi connectivity index (χ1n) is 5.10. The van der Waals surface area contributed by atoms with Gasteiger partial charge in [0.25, 0.3) is 0 Å². The van der Waals surface area contributed by atoms with E-state index in [9.17, 15) is 9.59 Å². The van der Waals surface area contributed by atoms with Crippen LogP contribution in [0.5, 0.6) is 0 Å². The van der Waals surface area contributed by atoms with Crippen molar-refractivity contribution in [3.8, 4) is 0 Å². The van der Waals surface area contributed by atoms with Gasteiger partial charge in [-0.05, 0) is 25.5 Å². The minimum Gasteiger partial charge on any atom is -0.343 e. The summed E-state index contributed by atoms with van der Waals surface area (Å²) in [6.45, 7) is 3.64. The summed E-state index contributed by atoms with van der Waals surface area (Å²) < 4.78 is 0. The highest BCUT2D eigenvalue weighted by Gasteiger charge is 2.30. The molecule has 1 aliphatic rings. The Kier molecular flexibility index (Phi) is 2.60. The fourth-order valence-electron chi connectivity index (χ4n) is 1.71. The number of aromatic nitrogens is 1. The highest BCUT2D eigenvalue weighted by atomic mass is 16.2. The molecule has 2 amide bonds. The third kappa shape index (κ3) is 1.88. The fourth-order valence-corrected chi connectivity index (χ4v) is 1.71. The van der Waals surface area contributed by atoms with Crippen LogP contribution in [0.2, 0.25) is 0 Å². The van der Waals surface area contributed by atoms with E-state index in [1.165, 1.54) is 4.90 Å². The summed E-state index contributed by atoms with van der Waals surface area (Å²) in [5.74, 6) is -0.249. The third-order valence-corrected chi connectivity index (χ3v) is 2.49. The molecule has 0 radical (unpaired) electrons. The molecule has 1 aromatic heterocycles. The van der Waals surface area contributed by atoms with Crippen LogP contribution in [0.4, 0.5) is 5.69 Å². The van der Waals surface area contributed by atoms with E-state index in [2.05, 4.69) is 10.3 Å². The maximum Gasteiger partial charge on any atom is 0.249 e. The number of piperazine rings is 1. The van der Waals surface area contributed by atoms with Gasteiger partial charge in [0.05, 0.1) is 11.9 Å². The lowest BCUT2D eigenvalue weighted by Gasteiger charge is -2.30. The molecule has 1 aliphatic heterocycles. The molecule has 1 saturated heterocycles. The van der Waals surface area contributed by atoms with Gasteiger partial charge in [-0.25, -0.2) is 0 Å². The highest BCUT2D eigenvalue weighted by Crippen LogP contribution is 2.17. The predicted octanol–water partition coefficient (Wildman–Crippen LogP) is 0.241. The van der Waals surface area contributed by atoms with Crippen LogP contribution in [0.15, 0.2) is 18.5 Å². The van der Waals surface area contributed by atoms with Crippen molar-refractivity contribution in [2.45, 2.75) is 19.9 Å². The molecule has 0 spiro atoms. The molecular formula is C11H13N3O2. The van der Waals surface area contributed by atoms with Crippen molar-refractivity contribution >= 4 is 17.5 Å². The Bertz CT molecular complexity index is 445. The minimum atomic E-state index is -0.471. The van der Waals surface area contributed by atoms with Crippen LogP contribution in [-0.2, 0) is 9.59 Å². The van der Waals surface area contributed by atoms with E-state index in [0.717, 1.165) is 5.56 Å². The van der Waals surface area contributed by atoms with Crippen molar-refractivity contribution in [1.82, 2.24) is 10.3 Å². The number of nitrogens with one attached hydrogen (secondary N) is 1. The van der Waals surface area contributed by atoms with Gasteiger partial charge in [0, 0.05) is 6.20 Å². The number of hydrogen-bond donors (Lipinski definition) is 1. The minimum absolute atomic E-state index is 0.0638. The normalized spacial score (nSPS) is 20.9. The molecule has 1 unspecified atom stereocenters. The molecule has 1 fully saturated rings. The van der Waals surface area contributed by atoms with Crippen molar-refractivity contribution in [3.63, 3.8) is 0 Å². The Morgan fingerprint density at radius 2 is 2.19 bits per heavy atom. The molecule has 0 aromatic carbocycles. The molecule has 84 valence electrons. The summed E-state index contributed by atoms with van der Waals surface area (Å²) in [4.78, 5) is 28.7. The largest absolute Gasteiger partial charge is 0.343 e. The first kappa shape index (κ1) is 10.6. The number of nitrogens with zero attached hydrogens (tertiary/aromatic N) is 2. The zero-order chi connectivity index (χ0) is 11.7. The number of anilines is 1. The van der Waals surface area contributed by atoms with Crippen LogP contribution >= 0.6 is 0 Å². The second kappa shape index (κ2) is 3.92. The van der Waals surface area contributed by atoms with Gasteiger partial charge >= 0.3 is 0 Å². The fraction of sp³-hybridized carbons (Fsp3) is 0.364. The van der Waals surface area contributed by atoms with E-state index in [1.54, 1.807) is 19.3 Å². The van der Waals surface area contributed by atoms with E-state index in [1.807, 2.05) is 13.0 Å². The summed E-state index contributed by atoms with van der Waals surface area (Å²) in [7, 11) is 0. The van der Waals surface area contributed by atoms with Gasteiger partial charge in [0.15, 0.2) is 0 Å². The number of carbonyl (C=O) groups is 2.